The fourth-order valence-corrected chi connectivity index (χ4v) is 2.38. The number of nitrogens with zero attached hydrogens (tertiary/aromatic N) is 1. The van der Waals surface area contributed by atoms with E-state index in [4.69, 9.17) is 0 Å². The summed E-state index contributed by atoms with van der Waals surface area (Å²) in [6, 6.07) is 8.94. The van der Waals surface area contributed by atoms with Crippen LogP contribution in [0.2, 0.25) is 0 Å². The lowest BCUT2D eigenvalue weighted by Crippen LogP contribution is -2.38. The summed E-state index contributed by atoms with van der Waals surface area (Å²) < 4.78 is 0. The standard InChI is InChI=1S/C15H23NO/c1-12-5-3-6-13(11-12)15(17)9-10-16(2)14-7-4-8-14/h3,5-6,11,14-15,17H,4,7-10H2,1-2H3. The minimum Gasteiger partial charge on any atom is -0.388 e. The van der Waals surface area contributed by atoms with Crippen LogP contribution in [0.4, 0.5) is 0 Å². The molecule has 0 aliphatic heterocycles. The minimum atomic E-state index is -0.322. The van der Waals surface area contributed by atoms with E-state index in [1.54, 1.807) is 0 Å². The van der Waals surface area contributed by atoms with E-state index in [0.717, 1.165) is 24.6 Å². The van der Waals surface area contributed by atoms with Crippen molar-refractivity contribution in [2.75, 3.05) is 13.6 Å². The maximum absolute atomic E-state index is 10.1. The molecule has 94 valence electrons. The summed E-state index contributed by atoms with van der Waals surface area (Å²) >= 11 is 0. The highest BCUT2D eigenvalue weighted by Crippen LogP contribution is 2.25. The third-order valence-electron chi connectivity index (χ3n) is 3.88. The second-order valence-electron chi connectivity index (χ2n) is 5.28. The Balaban J connectivity index is 1.82. The van der Waals surface area contributed by atoms with Crippen LogP contribution in [0.1, 0.15) is 42.9 Å². The van der Waals surface area contributed by atoms with Crippen LogP contribution in [0, 0.1) is 6.92 Å². The van der Waals surface area contributed by atoms with Crippen LogP contribution < -0.4 is 0 Å². The van der Waals surface area contributed by atoms with Crippen molar-refractivity contribution < 1.29 is 5.11 Å². The highest BCUT2D eigenvalue weighted by Gasteiger charge is 2.22. The van der Waals surface area contributed by atoms with Crippen LogP contribution in [0.3, 0.4) is 0 Å². The van der Waals surface area contributed by atoms with Gasteiger partial charge in [-0.2, -0.15) is 0 Å². The van der Waals surface area contributed by atoms with Crippen molar-refractivity contribution in [3.63, 3.8) is 0 Å². The van der Waals surface area contributed by atoms with Gasteiger partial charge in [-0.05, 0) is 38.8 Å². The predicted octanol–water partition coefficient (Wildman–Crippen LogP) is 2.90. The molecule has 0 saturated heterocycles. The fourth-order valence-electron chi connectivity index (χ4n) is 2.38. The van der Waals surface area contributed by atoms with Crippen LogP contribution in [0.25, 0.3) is 0 Å². The second kappa shape index (κ2) is 5.65. The molecule has 0 aromatic heterocycles. The molecule has 1 N–H and O–H groups in total. The SMILES string of the molecule is Cc1cccc(C(O)CCN(C)C2CCC2)c1. The van der Waals surface area contributed by atoms with Crippen LogP contribution in [-0.4, -0.2) is 29.6 Å². The van der Waals surface area contributed by atoms with Gasteiger partial charge in [-0.3, -0.25) is 0 Å². The van der Waals surface area contributed by atoms with Gasteiger partial charge in [-0.25, -0.2) is 0 Å². The van der Waals surface area contributed by atoms with E-state index in [9.17, 15) is 5.11 Å². The molecule has 17 heavy (non-hydrogen) atoms. The van der Waals surface area contributed by atoms with Crippen molar-refractivity contribution in [1.29, 1.82) is 0 Å². The normalized spacial score (nSPS) is 18.1. The van der Waals surface area contributed by atoms with Gasteiger partial charge in [-0.1, -0.05) is 36.2 Å². The maximum atomic E-state index is 10.1. The minimum absolute atomic E-state index is 0.322. The molecule has 0 amide bonds. The predicted molar refractivity (Wildman–Crippen MR) is 71.0 cm³/mol. The molecule has 1 atom stereocenters. The molecule has 0 bridgehead atoms. The van der Waals surface area contributed by atoms with Gasteiger partial charge in [0.1, 0.15) is 0 Å². The molecule has 0 spiro atoms. The molecule has 1 aromatic rings. The molecular weight excluding hydrogens is 210 g/mol. The zero-order valence-corrected chi connectivity index (χ0v) is 10.9. The average Bonchev–Trinajstić information content (AvgIpc) is 2.23. The highest BCUT2D eigenvalue weighted by atomic mass is 16.3. The largest absolute Gasteiger partial charge is 0.388 e. The van der Waals surface area contributed by atoms with Crippen molar-refractivity contribution in [3.8, 4) is 0 Å². The lowest BCUT2D eigenvalue weighted by Gasteiger charge is -2.35. The third kappa shape index (κ3) is 3.30. The average molecular weight is 233 g/mol. The maximum Gasteiger partial charge on any atom is 0.0802 e. The van der Waals surface area contributed by atoms with Gasteiger partial charge in [0.25, 0.3) is 0 Å². The Kier molecular flexibility index (Phi) is 4.19. The second-order valence-corrected chi connectivity index (χ2v) is 5.28. The van der Waals surface area contributed by atoms with Crippen LogP contribution in [-0.2, 0) is 0 Å². The van der Waals surface area contributed by atoms with Crippen molar-refractivity contribution in [2.45, 2.75) is 44.8 Å². The fraction of sp³-hybridized carbons (Fsp3) is 0.600. The van der Waals surface area contributed by atoms with Gasteiger partial charge in [0.15, 0.2) is 0 Å². The first-order valence-corrected chi connectivity index (χ1v) is 6.61. The number of hydrogen-bond donors (Lipinski definition) is 1. The van der Waals surface area contributed by atoms with Gasteiger partial charge < -0.3 is 10.0 Å². The van der Waals surface area contributed by atoms with E-state index in [1.165, 1.54) is 24.8 Å². The third-order valence-corrected chi connectivity index (χ3v) is 3.88. The molecule has 2 rings (SSSR count). The molecule has 1 aliphatic rings. The summed E-state index contributed by atoms with van der Waals surface area (Å²) in [6.45, 7) is 3.05. The lowest BCUT2D eigenvalue weighted by atomic mass is 9.91. The number of rotatable bonds is 5. The summed E-state index contributed by atoms with van der Waals surface area (Å²) in [7, 11) is 2.17. The topological polar surface area (TPSA) is 23.5 Å². The van der Waals surface area contributed by atoms with Gasteiger partial charge in [-0.15, -0.1) is 0 Å². The number of benzene rings is 1. The summed E-state index contributed by atoms with van der Waals surface area (Å²) in [4.78, 5) is 2.39. The zero-order valence-electron chi connectivity index (χ0n) is 10.9. The van der Waals surface area contributed by atoms with Crippen molar-refractivity contribution >= 4 is 0 Å². The molecule has 2 heteroatoms. The molecule has 1 aromatic carbocycles. The van der Waals surface area contributed by atoms with Gasteiger partial charge in [0.05, 0.1) is 6.10 Å². The molecule has 1 unspecified atom stereocenters. The Morgan fingerprint density at radius 2 is 2.18 bits per heavy atom. The lowest BCUT2D eigenvalue weighted by molar-refractivity contribution is 0.112. The Labute approximate surface area is 104 Å². The van der Waals surface area contributed by atoms with E-state index in [-0.39, 0.29) is 6.10 Å². The molecule has 1 saturated carbocycles. The molecule has 0 heterocycles. The Bertz CT molecular complexity index is 360. The first-order chi connectivity index (χ1) is 8.16. The van der Waals surface area contributed by atoms with Crippen molar-refractivity contribution in [3.05, 3.63) is 35.4 Å². The first-order valence-electron chi connectivity index (χ1n) is 6.61. The first kappa shape index (κ1) is 12.6. The van der Waals surface area contributed by atoms with Gasteiger partial charge in [0.2, 0.25) is 0 Å². The van der Waals surface area contributed by atoms with Crippen molar-refractivity contribution in [1.82, 2.24) is 4.90 Å². The molecule has 2 nitrogen and oxygen atoms in total. The molecule has 1 aliphatic carbocycles. The van der Waals surface area contributed by atoms with Gasteiger partial charge >= 0.3 is 0 Å². The number of aliphatic hydroxyl groups excluding tert-OH is 1. The quantitative estimate of drug-likeness (QED) is 0.845. The van der Waals surface area contributed by atoms with E-state index in [1.807, 2.05) is 12.1 Å². The van der Waals surface area contributed by atoms with E-state index in [0.29, 0.717) is 0 Å². The van der Waals surface area contributed by atoms with Gasteiger partial charge in [0, 0.05) is 12.6 Å². The summed E-state index contributed by atoms with van der Waals surface area (Å²) in [5.74, 6) is 0. The summed E-state index contributed by atoms with van der Waals surface area (Å²) in [5.41, 5.74) is 2.26. The van der Waals surface area contributed by atoms with Crippen LogP contribution in [0.15, 0.2) is 24.3 Å². The number of aliphatic hydroxyl groups is 1. The van der Waals surface area contributed by atoms with E-state index < -0.39 is 0 Å². The molecule has 0 radical (unpaired) electrons. The van der Waals surface area contributed by atoms with Crippen molar-refractivity contribution in [2.24, 2.45) is 0 Å². The van der Waals surface area contributed by atoms with Crippen LogP contribution >= 0.6 is 0 Å². The van der Waals surface area contributed by atoms with Crippen LogP contribution in [0.5, 0.6) is 0 Å². The van der Waals surface area contributed by atoms with E-state index in [2.05, 4.69) is 31.0 Å². The number of hydrogen-bond acceptors (Lipinski definition) is 2. The number of aryl methyl sites for hydroxylation is 1. The Morgan fingerprint density at radius 3 is 2.76 bits per heavy atom. The van der Waals surface area contributed by atoms with E-state index >= 15 is 0 Å². The monoisotopic (exact) mass is 233 g/mol. The zero-order chi connectivity index (χ0) is 12.3. The summed E-state index contributed by atoms with van der Waals surface area (Å²) in [5, 5.41) is 10.1. The summed E-state index contributed by atoms with van der Waals surface area (Å²) in [6.07, 6.45) is 4.54. The smallest absolute Gasteiger partial charge is 0.0802 e. The molecular formula is C15H23NO. The Hall–Kier alpha value is -0.860. The Morgan fingerprint density at radius 1 is 1.41 bits per heavy atom. The highest BCUT2D eigenvalue weighted by molar-refractivity contribution is 5.23. The molecule has 1 fully saturated rings.